The third kappa shape index (κ3) is 3.21. The van der Waals surface area contributed by atoms with Crippen LogP contribution in [0.3, 0.4) is 0 Å². The van der Waals surface area contributed by atoms with Gasteiger partial charge in [0, 0.05) is 18.1 Å². The number of thiocarbonyl (C=S) groups is 1. The summed E-state index contributed by atoms with van der Waals surface area (Å²) < 4.78 is 1.77. The third-order valence-electron chi connectivity index (χ3n) is 2.92. The molecule has 6 nitrogen and oxygen atoms in total. The van der Waals surface area contributed by atoms with Crippen molar-refractivity contribution in [3.05, 3.63) is 66.6 Å². The van der Waals surface area contributed by atoms with Gasteiger partial charge < -0.3 is 9.72 Å². The van der Waals surface area contributed by atoms with Crippen molar-refractivity contribution < 1.29 is 4.79 Å². The van der Waals surface area contributed by atoms with E-state index in [1.165, 1.54) is 0 Å². The highest BCUT2D eigenvalue weighted by molar-refractivity contribution is 7.80. The maximum atomic E-state index is 12.0. The topological polar surface area (TPSA) is 70.5 Å². The Balaban J connectivity index is 1.59. The van der Waals surface area contributed by atoms with E-state index >= 15 is 0 Å². The van der Waals surface area contributed by atoms with Crippen LogP contribution in [0.4, 0.5) is 5.69 Å². The number of carbonyl (C=O) groups is 1. The van der Waals surface area contributed by atoms with E-state index in [1.807, 2.05) is 54.7 Å². The van der Waals surface area contributed by atoms with Gasteiger partial charge in [0.15, 0.2) is 5.11 Å². The van der Waals surface area contributed by atoms with Crippen molar-refractivity contribution in [1.82, 2.24) is 20.2 Å². The molecule has 2 aromatic heterocycles. The van der Waals surface area contributed by atoms with Crippen LogP contribution in [-0.4, -0.2) is 20.4 Å². The summed E-state index contributed by atoms with van der Waals surface area (Å²) in [5.74, 6) is -0.360. The smallest absolute Gasteiger partial charge is 0.289 e. The van der Waals surface area contributed by atoms with Gasteiger partial charge in [-0.15, -0.1) is 0 Å². The van der Waals surface area contributed by atoms with Crippen molar-refractivity contribution in [3.63, 3.8) is 0 Å². The number of nitrogens with zero attached hydrogens (tertiary/aromatic N) is 2. The summed E-state index contributed by atoms with van der Waals surface area (Å²) in [6.07, 6.45) is 3.48. The fraction of sp³-hybridized carbons (Fsp3) is 0. The first-order chi connectivity index (χ1) is 10.7. The Morgan fingerprint density at radius 3 is 2.59 bits per heavy atom. The number of pyridine rings is 1. The number of hydrazine groups is 1. The molecule has 0 saturated carbocycles. The zero-order valence-corrected chi connectivity index (χ0v) is 12.3. The first-order valence-corrected chi connectivity index (χ1v) is 6.99. The number of aromatic nitrogens is 2. The van der Waals surface area contributed by atoms with E-state index in [-0.39, 0.29) is 5.91 Å². The fourth-order valence-electron chi connectivity index (χ4n) is 1.91. The van der Waals surface area contributed by atoms with Crippen LogP contribution in [0.5, 0.6) is 0 Å². The van der Waals surface area contributed by atoms with Crippen molar-refractivity contribution in [3.8, 4) is 0 Å². The van der Waals surface area contributed by atoms with Crippen LogP contribution in [0.15, 0.2) is 60.9 Å². The van der Waals surface area contributed by atoms with E-state index in [9.17, 15) is 4.79 Å². The summed E-state index contributed by atoms with van der Waals surface area (Å²) in [7, 11) is 0. The molecular weight excluding hydrogens is 298 g/mol. The highest BCUT2D eigenvalue weighted by atomic mass is 32.1. The predicted octanol–water partition coefficient (Wildman–Crippen LogP) is 1.97. The zero-order valence-electron chi connectivity index (χ0n) is 11.5. The second-order valence-corrected chi connectivity index (χ2v) is 4.90. The number of benzene rings is 1. The second kappa shape index (κ2) is 6.23. The van der Waals surface area contributed by atoms with Crippen LogP contribution < -0.4 is 16.2 Å². The van der Waals surface area contributed by atoms with Crippen LogP contribution >= 0.6 is 12.2 Å². The first kappa shape index (κ1) is 14.0. The molecule has 3 rings (SSSR count). The van der Waals surface area contributed by atoms with Crippen LogP contribution in [0.1, 0.15) is 10.5 Å². The lowest BCUT2D eigenvalue weighted by Gasteiger charge is -2.10. The van der Waals surface area contributed by atoms with Crippen molar-refractivity contribution in [2.75, 3.05) is 5.32 Å². The minimum atomic E-state index is -0.360. The highest BCUT2D eigenvalue weighted by Gasteiger charge is 2.10. The van der Waals surface area contributed by atoms with Gasteiger partial charge in [-0.05, 0) is 36.5 Å². The molecule has 0 saturated heterocycles. The molecule has 0 aliphatic carbocycles. The molecule has 22 heavy (non-hydrogen) atoms. The van der Waals surface area contributed by atoms with Gasteiger partial charge in [0.1, 0.15) is 11.3 Å². The molecule has 0 radical (unpaired) electrons. The monoisotopic (exact) mass is 311 g/mol. The molecule has 110 valence electrons. The van der Waals surface area contributed by atoms with Gasteiger partial charge in [0.05, 0.1) is 0 Å². The van der Waals surface area contributed by atoms with Crippen LogP contribution in [0, 0.1) is 0 Å². The van der Waals surface area contributed by atoms with Gasteiger partial charge in [0.25, 0.3) is 5.91 Å². The number of carbonyl (C=O) groups excluding carboxylic acids is 1. The Morgan fingerprint density at radius 1 is 1.05 bits per heavy atom. The van der Waals surface area contributed by atoms with Crippen LogP contribution in [-0.2, 0) is 0 Å². The number of para-hydroxylation sites is 1. The lowest BCUT2D eigenvalue weighted by Crippen LogP contribution is -2.43. The number of hydrogen-bond acceptors (Lipinski definition) is 3. The Hall–Kier alpha value is -2.93. The van der Waals surface area contributed by atoms with E-state index in [0.29, 0.717) is 16.5 Å². The van der Waals surface area contributed by atoms with Crippen LogP contribution in [0.2, 0.25) is 0 Å². The maximum Gasteiger partial charge on any atom is 0.289 e. The lowest BCUT2D eigenvalue weighted by molar-refractivity contribution is 0.0940. The number of imidazole rings is 1. The van der Waals surface area contributed by atoms with Gasteiger partial charge in [-0.25, -0.2) is 4.98 Å². The summed E-state index contributed by atoms with van der Waals surface area (Å²) >= 11 is 5.11. The van der Waals surface area contributed by atoms with Gasteiger partial charge in [-0.1, -0.05) is 24.3 Å². The molecule has 0 aliphatic rings. The number of amides is 1. The number of nitrogens with one attached hydrogen (secondary N) is 3. The van der Waals surface area contributed by atoms with Crippen molar-refractivity contribution in [2.45, 2.75) is 0 Å². The van der Waals surface area contributed by atoms with Gasteiger partial charge in [-0.2, -0.15) is 0 Å². The Labute approximate surface area is 132 Å². The first-order valence-electron chi connectivity index (χ1n) is 6.58. The molecule has 0 fully saturated rings. The molecule has 0 aliphatic heterocycles. The molecule has 2 heterocycles. The number of fused-ring (bicyclic) bond motifs is 1. The minimum Gasteiger partial charge on any atom is -0.331 e. The summed E-state index contributed by atoms with van der Waals surface area (Å²) in [5.41, 5.74) is 7.00. The van der Waals surface area contributed by atoms with E-state index in [2.05, 4.69) is 21.2 Å². The molecule has 1 amide bonds. The molecule has 3 aromatic rings. The summed E-state index contributed by atoms with van der Waals surface area (Å²) in [6, 6.07) is 15.0. The van der Waals surface area contributed by atoms with Crippen molar-refractivity contribution in [1.29, 1.82) is 0 Å². The van der Waals surface area contributed by atoms with Crippen LogP contribution in [0.25, 0.3) is 5.65 Å². The average molecular weight is 311 g/mol. The maximum absolute atomic E-state index is 12.0. The molecule has 7 heteroatoms. The lowest BCUT2D eigenvalue weighted by atomic mass is 10.3. The van der Waals surface area contributed by atoms with E-state index in [4.69, 9.17) is 12.2 Å². The van der Waals surface area contributed by atoms with Gasteiger partial charge in [-0.3, -0.25) is 15.6 Å². The normalized spacial score (nSPS) is 10.2. The van der Waals surface area contributed by atoms with E-state index in [0.717, 1.165) is 5.69 Å². The summed E-state index contributed by atoms with van der Waals surface area (Å²) in [4.78, 5) is 16.3. The number of rotatable bonds is 2. The Morgan fingerprint density at radius 2 is 1.82 bits per heavy atom. The molecule has 3 N–H and O–H groups in total. The second-order valence-electron chi connectivity index (χ2n) is 4.49. The molecule has 0 unspecified atom stereocenters. The van der Waals surface area contributed by atoms with E-state index in [1.54, 1.807) is 10.6 Å². The van der Waals surface area contributed by atoms with Crippen molar-refractivity contribution in [2.24, 2.45) is 0 Å². The van der Waals surface area contributed by atoms with Gasteiger partial charge >= 0.3 is 0 Å². The largest absolute Gasteiger partial charge is 0.331 e. The molecule has 0 spiro atoms. The Bertz CT molecular complexity index is 782. The number of anilines is 1. The standard InChI is InChI=1S/C15H13N5OS/c21-14(12-10-20-9-5-4-8-13(20)17-12)18-19-15(22)16-11-6-2-1-3-7-11/h1-10H,(H,18,21)(H2,16,19,22). The average Bonchev–Trinajstić information content (AvgIpc) is 2.98. The Kier molecular flexibility index (Phi) is 3.97. The fourth-order valence-corrected chi connectivity index (χ4v) is 2.07. The molecule has 0 bridgehead atoms. The minimum absolute atomic E-state index is 0.295. The summed E-state index contributed by atoms with van der Waals surface area (Å²) in [5, 5.41) is 3.25. The molecule has 0 atom stereocenters. The van der Waals surface area contributed by atoms with Gasteiger partial charge in [0.2, 0.25) is 0 Å². The van der Waals surface area contributed by atoms with Crippen molar-refractivity contribution >= 4 is 34.6 Å². The SMILES string of the molecule is O=C(NNC(=S)Nc1ccccc1)c1cn2ccccc2n1. The zero-order chi connectivity index (χ0) is 15.4. The van der Waals surface area contributed by atoms with E-state index < -0.39 is 0 Å². The highest BCUT2D eigenvalue weighted by Crippen LogP contribution is 2.05. The summed E-state index contributed by atoms with van der Waals surface area (Å²) in [6.45, 7) is 0. The molecular formula is C15H13N5OS. The molecule has 1 aromatic carbocycles. The third-order valence-corrected chi connectivity index (χ3v) is 3.12. The number of hydrogen-bond donors (Lipinski definition) is 3. The quantitative estimate of drug-likeness (QED) is 0.498. The predicted molar refractivity (Wildman–Crippen MR) is 88.5 cm³/mol.